The van der Waals surface area contributed by atoms with E-state index >= 15 is 0 Å². The minimum atomic E-state index is 0.910. The molecular formula is C58H34O. The van der Waals surface area contributed by atoms with Gasteiger partial charge >= 0.3 is 0 Å². The average molecular weight is 747 g/mol. The summed E-state index contributed by atoms with van der Waals surface area (Å²) in [4.78, 5) is 0. The summed E-state index contributed by atoms with van der Waals surface area (Å²) in [6, 6.07) is 75.8. The summed E-state index contributed by atoms with van der Waals surface area (Å²) >= 11 is 0. The van der Waals surface area contributed by atoms with E-state index < -0.39 is 0 Å². The molecule has 0 fully saturated rings. The molecule has 0 saturated carbocycles. The third-order valence-corrected chi connectivity index (χ3v) is 12.8. The van der Waals surface area contributed by atoms with E-state index in [0.717, 1.165) is 27.3 Å². The maximum Gasteiger partial charge on any atom is 0.143 e. The van der Waals surface area contributed by atoms with Crippen LogP contribution in [0.5, 0.6) is 0 Å². The van der Waals surface area contributed by atoms with Crippen LogP contribution in [-0.4, -0.2) is 0 Å². The van der Waals surface area contributed by atoms with Crippen molar-refractivity contribution in [2.75, 3.05) is 0 Å². The van der Waals surface area contributed by atoms with E-state index in [9.17, 15) is 0 Å². The first-order chi connectivity index (χ1) is 29.3. The van der Waals surface area contributed by atoms with Crippen LogP contribution in [0.4, 0.5) is 0 Å². The van der Waals surface area contributed by atoms with Gasteiger partial charge in [-0.1, -0.05) is 182 Å². The zero-order valence-electron chi connectivity index (χ0n) is 32.0. The molecule has 0 unspecified atom stereocenters. The van der Waals surface area contributed by atoms with Gasteiger partial charge in [-0.15, -0.1) is 0 Å². The van der Waals surface area contributed by atoms with Crippen molar-refractivity contribution in [1.82, 2.24) is 0 Å². The standard InChI is InChI=1S/C58H34O/c1-2-13-35(14-3-1)37-28-30-49-52(33-37)44-17-6-8-19-47(44)57-50-31-29-38(34-53(50)45-18-7-9-20-48(45)56(49)57)39-21-10-23-42-41(39)22-11-24-43(42)46-25-12-26-54-55(46)51-32-27-36-15-4-5-16-40(36)58(51)59-54/h1-34H. The second-order valence-corrected chi connectivity index (χ2v) is 15.9. The van der Waals surface area contributed by atoms with E-state index in [4.69, 9.17) is 4.42 Å². The van der Waals surface area contributed by atoms with Gasteiger partial charge in [-0.2, -0.15) is 0 Å². The lowest BCUT2D eigenvalue weighted by molar-refractivity contribution is 0.673. The van der Waals surface area contributed by atoms with Crippen molar-refractivity contribution in [1.29, 1.82) is 0 Å². The molecule has 1 heterocycles. The minimum Gasteiger partial charge on any atom is -0.455 e. The molecule has 1 aromatic heterocycles. The fourth-order valence-electron chi connectivity index (χ4n) is 10.2. The van der Waals surface area contributed by atoms with Crippen LogP contribution in [0.3, 0.4) is 0 Å². The lowest BCUT2D eigenvalue weighted by Crippen LogP contribution is -1.90. The van der Waals surface area contributed by atoms with Crippen molar-refractivity contribution in [3.63, 3.8) is 0 Å². The predicted octanol–water partition coefficient (Wildman–Crippen LogP) is 16.7. The molecule has 0 spiro atoms. The highest BCUT2D eigenvalue weighted by Gasteiger charge is 2.19. The van der Waals surface area contributed by atoms with Crippen molar-refractivity contribution in [2.45, 2.75) is 0 Å². The molecule has 0 saturated heterocycles. The molecule has 0 aliphatic carbocycles. The van der Waals surface area contributed by atoms with Crippen molar-refractivity contribution >= 4 is 97.3 Å². The molecule has 272 valence electrons. The molecule has 1 heteroatoms. The first-order valence-electron chi connectivity index (χ1n) is 20.4. The Morgan fingerprint density at radius 3 is 1.47 bits per heavy atom. The number of benzene rings is 12. The van der Waals surface area contributed by atoms with Gasteiger partial charge in [-0.3, -0.25) is 0 Å². The van der Waals surface area contributed by atoms with Crippen molar-refractivity contribution in [3.8, 4) is 33.4 Å². The molecule has 1 nitrogen and oxygen atoms in total. The van der Waals surface area contributed by atoms with Crippen LogP contribution in [0.1, 0.15) is 0 Å². The Hall–Kier alpha value is -7.74. The van der Waals surface area contributed by atoms with E-state index in [2.05, 4.69) is 206 Å². The molecule has 0 aliphatic heterocycles. The summed E-state index contributed by atoms with van der Waals surface area (Å²) in [5.74, 6) is 0. The molecule has 0 radical (unpaired) electrons. The van der Waals surface area contributed by atoms with Crippen LogP contribution in [0, 0.1) is 0 Å². The van der Waals surface area contributed by atoms with Crippen molar-refractivity contribution in [3.05, 3.63) is 206 Å². The topological polar surface area (TPSA) is 13.1 Å². The van der Waals surface area contributed by atoms with Gasteiger partial charge in [-0.05, 0) is 128 Å². The third-order valence-electron chi connectivity index (χ3n) is 12.8. The SMILES string of the molecule is c1ccc(-c2ccc3c(c2)c2ccccc2c2c4ccc(-c5cccc6c(-c7cccc8oc9c%10ccccc%10ccc9c78)cccc56)cc4c4ccccc4c32)cc1. The number of hydrogen-bond donors (Lipinski definition) is 0. The lowest BCUT2D eigenvalue weighted by atomic mass is 9.85. The van der Waals surface area contributed by atoms with Crippen LogP contribution in [-0.2, 0) is 0 Å². The van der Waals surface area contributed by atoms with Gasteiger partial charge in [0.2, 0.25) is 0 Å². The summed E-state index contributed by atoms with van der Waals surface area (Å²) in [5.41, 5.74) is 9.15. The zero-order chi connectivity index (χ0) is 38.6. The highest BCUT2D eigenvalue weighted by Crippen LogP contribution is 2.47. The Morgan fingerprint density at radius 2 is 0.746 bits per heavy atom. The highest BCUT2D eigenvalue weighted by atomic mass is 16.3. The molecule has 12 aromatic carbocycles. The average Bonchev–Trinajstić information content (AvgIpc) is 3.71. The Labute approximate surface area is 340 Å². The van der Waals surface area contributed by atoms with Gasteiger partial charge in [0, 0.05) is 16.2 Å². The number of hydrogen-bond acceptors (Lipinski definition) is 1. The number of furan rings is 1. The number of rotatable bonds is 3. The second-order valence-electron chi connectivity index (χ2n) is 15.9. The smallest absolute Gasteiger partial charge is 0.143 e. The normalized spacial score (nSPS) is 12.1. The van der Waals surface area contributed by atoms with E-state index in [-0.39, 0.29) is 0 Å². The maximum atomic E-state index is 6.61. The second kappa shape index (κ2) is 12.4. The van der Waals surface area contributed by atoms with E-state index in [1.165, 1.54) is 103 Å². The Balaban J connectivity index is 1.05. The number of fused-ring (bicyclic) bond motifs is 17. The molecule has 0 N–H and O–H groups in total. The summed E-state index contributed by atoms with van der Waals surface area (Å²) in [7, 11) is 0. The molecule has 13 aromatic rings. The maximum absolute atomic E-state index is 6.61. The van der Waals surface area contributed by atoms with E-state index in [1.807, 2.05) is 0 Å². The van der Waals surface area contributed by atoms with Crippen molar-refractivity contribution < 1.29 is 4.42 Å². The molecule has 13 rings (SSSR count). The quantitative estimate of drug-likeness (QED) is 0.164. The fourth-order valence-corrected chi connectivity index (χ4v) is 10.2. The van der Waals surface area contributed by atoms with Crippen LogP contribution < -0.4 is 0 Å². The largest absolute Gasteiger partial charge is 0.455 e. The molecule has 0 aliphatic rings. The minimum absolute atomic E-state index is 0.910. The van der Waals surface area contributed by atoms with Gasteiger partial charge in [0.05, 0.1) is 0 Å². The first kappa shape index (κ1) is 32.4. The summed E-state index contributed by atoms with van der Waals surface area (Å²) in [5, 5.41) is 20.0. The van der Waals surface area contributed by atoms with Crippen LogP contribution in [0.2, 0.25) is 0 Å². The lowest BCUT2D eigenvalue weighted by Gasteiger charge is -2.18. The van der Waals surface area contributed by atoms with Crippen molar-refractivity contribution in [2.24, 2.45) is 0 Å². The van der Waals surface area contributed by atoms with Crippen LogP contribution in [0.15, 0.2) is 211 Å². The molecule has 0 bridgehead atoms. The van der Waals surface area contributed by atoms with E-state index in [0.29, 0.717) is 0 Å². The van der Waals surface area contributed by atoms with Gasteiger partial charge < -0.3 is 4.42 Å². The van der Waals surface area contributed by atoms with Gasteiger partial charge in [-0.25, -0.2) is 0 Å². The van der Waals surface area contributed by atoms with Gasteiger partial charge in [0.1, 0.15) is 11.2 Å². The summed E-state index contributed by atoms with van der Waals surface area (Å²) in [6.45, 7) is 0. The highest BCUT2D eigenvalue weighted by molar-refractivity contribution is 6.40. The predicted molar refractivity (Wildman–Crippen MR) is 253 cm³/mol. The zero-order valence-corrected chi connectivity index (χ0v) is 32.0. The molecule has 0 amide bonds. The Bertz CT molecular complexity index is 3890. The van der Waals surface area contributed by atoms with Crippen LogP contribution in [0.25, 0.3) is 131 Å². The van der Waals surface area contributed by atoms with E-state index in [1.54, 1.807) is 0 Å². The molecule has 0 atom stereocenters. The summed E-state index contributed by atoms with van der Waals surface area (Å²) < 4.78 is 6.61. The molecule has 59 heavy (non-hydrogen) atoms. The van der Waals surface area contributed by atoms with Crippen LogP contribution >= 0.6 is 0 Å². The molecular weight excluding hydrogens is 713 g/mol. The Morgan fingerprint density at radius 1 is 0.237 bits per heavy atom. The Kier molecular flexibility index (Phi) is 6.79. The van der Waals surface area contributed by atoms with Gasteiger partial charge in [0.25, 0.3) is 0 Å². The fraction of sp³-hybridized carbons (Fsp3) is 0. The summed E-state index contributed by atoms with van der Waals surface area (Å²) in [6.07, 6.45) is 0. The first-order valence-corrected chi connectivity index (χ1v) is 20.4. The van der Waals surface area contributed by atoms with Gasteiger partial charge in [0.15, 0.2) is 0 Å². The monoisotopic (exact) mass is 746 g/mol. The third kappa shape index (κ3) is 4.67.